The molecule has 0 radical (unpaired) electrons. The van der Waals surface area contributed by atoms with Crippen molar-refractivity contribution in [3.05, 3.63) is 35.4 Å². The van der Waals surface area contributed by atoms with E-state index in [1.165, 1.54) is 12.1 Å². The van der Waals surface area contributed by atoms with Gasteiger partial charge in [0.25, 0.3) is 0 Å². The van der Waals surface area contributed by atoms with E-state index in [0.29, 0.717) is 11.7 Å². The quantitative estimate of drug-likeness (QED) is 0.837. The van der Waals surface area contributed by atoms with Crippen molar-refractivity contribution in [2.45, 2.75) is 31.9 Å². The van der Waals surface area contributed by atoms with Crippen molar-refractivity contribution in [2.75, 3.05) is 33.3 Å². The average molecular weight is 298 g/mol. The molecule has 1 N–H and O–H groups in total. The van der Waals surface area contributed by atoms with E-state index in [0.717, 1.165) is 45.1 Å². The molecule has 0 aromatic heterocycles. The summed E-state index contributed by atoms with van der Waals surface area (Å²) in [7, 11) is 1.74. The lowest BCUT2D eigenvalue weighted by Gasteiger charge is -2.22. The summed E-state index contributed by atoms with van der Waals surface area (Å²) in [5.41, 5.74) is 0.678. The lowest BCUT2D eigenvalue weighted by atomic mass is 10.0. The van der Waals surface area contributed by atoms with Crippen molar-refractivity contribution in [1.29, 1.82) is 0 Å². The fourth-order valence-corrected chi connectivity index (χ4v) is 2.91. The van der Waals surface area contributed by atoms with Gasteiger partial charge in [-0.05, 0) is 37.1 Å². The molecule has 118 valence electrons. The van der Waals surface area contributed by atoms with Gasteiger partial charge in [0.1, 0.15) is 11.6 Å². The molecule has 0 spiro atoms. The van der Waals surface area contributed by atoms with E-state index in [9.17, 15) is 8.78 Å². The normalized spacial score (nSPS) is 20.9. The van der Waals surface area contributed by atoms with Gasteiger partial charge >= 0.3 is 0 Å². The summed E-state index contributed by atoms with van der Waals surface area (Å²) >= 11 is 0. The summed E-state index contributed by atoms with van der Waals surface area (Å²) in [4.78, 5) is 2.34. The Morgan fingerprint density at radius 1 is 1.33 bits per heavy atom. The number of benzene rings is 1. The van der Waals surface area contributed by atoms with Crippen LogP contribution in [0.1, 0.15) is 31.4 Å². The van der Waals surface area contributed by atoms with Crippen LogP contribution >= 0.6 is 0 Å². The van der Waals surface area contributed by atoms with Gasteiger partial charge in [-0.25, -0.2) is 8.78 Å². The maximum Gasteiger partial charge on any atom is 0.126 e. The largest absolute Gasteiger partial charge is 0.380 e. The Kier molecular flexibility index (Phi) is 6.08. The monoisotopic (exact) mass is 298 g/mol. The lowest BCUT2D eigenvalue weighted by Crippen LogP contribution is -2.29. The van der Waals surface area contributed by atoms with Crippen LogP contribution in [-0.2, 0) is 4.74 Å². The Labute approximate surface area is 125 Å². The molecule has 2 unspecified atom stereocenters. The first-order chi connectivity index (χ1) is 10.1. The van der Waals surface area contributed by atoms with Gasteiger partial charge in [-0.1, -0.05) is 6.92 Å². The molecule has 0 saturated carbocycles. The van der Waals surface area contributed by atoms with Gasteiger partial charge in [0.15, 0.2) is 0 Å². The van der Waals surface area contributed by atoms with Crippen LogP contribution in [0.15, 0.2) is 18.2 Å². The molecule has 0 aliphatic carbocycles. The zero-order valence-electron chi connectivity index (χ0n) is 12.7. The second-order valence-electron chi connectivity index (χ2n) is 5.55. The Morgan fingerprint density at radius 3 is 2.62 bits per heavy atom. The molecule has 2 rings (SSSR count). The van der Waals surface area contributed by atoms with E-state index in [1.807, 2.05) is 6.92 Å². The van der Waals surface area contributed by atoms with Crippen LogP contribution in [0.3, 0.4) is 0 Å². The minimum Gasteiger partial charge on any atom is -0.380 e. The van der Waals surface area contributed by atoms with Gasteiger partial charge < -0.3 is 15.0 Å². The van der Waals surface area contributed by atoms with Gasteiger partial charge in [-0.2, -0.15) is 0 Å². The highest BCUT2D eigenvalue weighted by atomic mass is 19.1. The number of nitrogens with one attached hydrogen (secondary N) is 1. The molecular weight excluding hydrogens is 274 g/mol. The average Bonchev–Trinajstić information content (AvgIpc) is 2.90. The third-order valence-corrected chi connectivity index (χ3v) is 4.03. The van der Waals surface area contributed by atoms with Crippen molar-refractivity contribution >= 4 is 0 Å². The molecule has 3 nitrogen and oxygen atoms in total. The van der Waals surface area contributed by atoms with E-state index in [1.54, 1.807) is 7.11 Å². The Morgan fingerprint density at radius 2 is 2.05 bits per heavy atom. The molecule has 2 atom stereocenters. The molecule has 1 aliphatic rings. The summed E-state index contributed by atoms with van der Waals surface area (Å²) in [6.45, 7) is 5.63. The van der Waals surface area contributed by atoms with Gasteiger partial charge in [0.05, 0.1) is 6.10 Å². The van der Waals surface area contributed by atoms with Gasteiger partial charge in [-0.3, -0.25) is 0 Å². The number of hydrogen-bond donors (Lipinski definition) is 1. The molecule has 1 fully saturated rings. The molecule has 1 saturated heterocycles. The number of likely N-dealkylation sites (tertiary alicyclic amines) is 1. The first-order valence-corrected chi connectivity index (χ1v) is 7.57. The highest BCUT2D eigenvalue weighted by Crippen LogP contribution is 2.21. The van der Waals surface area contributed by atoms with E-state index in [-0.39, 0.29) is 6.04 Å². The predicted molar refractivity (Wildman–Crippen MR) is 79.2 cm³/mol. The lowest BCUT2D eigenvalue weighted by molar-refractivity contribution is 0.107. The van der Waals surface area contributed by atoms with Crippen LogP contribution in [0.5, 0.6) is 0 Å². The van der Waals surface area contributed by atoms with Crippen molar-refractivity contribution in [3.8, 4) is 0 Å². The minimum absolute atomic E-state index is 0.0261. The molecule has 0 amide bonds. The van der Waals surface area contributed by atoms with Gasteiger partial charge in [0.2, 0.25) is 0 Å². The molecule has 21 heavy (non-hydrogen) atoms. The van der Waals surface area contributed by atoms with E-state index in [2.05, 4.69) is 10.2 Å². The van der Waals surface area contributed by atoms with Crippen molar-refractivity contribution < 1.29 is 13.5 Å². The number of ether oxygens (including phenoxy) is 1. The fourth-order valence-electron chi connectivity index (χ4n) is 2.91. The van der Waals surface area contributed by atoms with Crippen LogP contribution in [0.2, 0.25) is 0 Å². The number of halogens is 2. The molecule has 1 heterocycles. The maximum absolute atomic E-state index is 13.4. The number of nitrogens with zero attached hydrogens (tertiary/aromatic N) is 1. The summed E-state index contributed by atoms with van der Waals surface area (Å²) in [5, 5.41) is 3.31. The van der Waals surface area contributed by atoms with E-state index >= 15 is 0 Å². The van der Waals surface area contributed by atoms with Crippen molar-refractivity contribution in [1.82, 2.24) is 10.2 Å². The topological polar surface area (TPSA) is 24.5 Å². The second kappa shape index (κ2) is 7.82. The first-order valence-electron chi connectivity index (χ1n) is 7.57. The molecule has 1 aromatic rings. The van der Waals surface area contributed by atoms with Gasteiger partial charge in [-0.15, -0.1) is 0 Å². The molecular formula is C16H24F2N2O. The zero-order valence-corrected chi connectivity index (χ0v) is 12.7. The zero-order chi connectivity index (χ0) is 15.2. The third-order valence-electron chi connectivity index (χ3n) is 4.03. The second-order valence-corrected chi connectivity index (χ2v) is 5.55. The Balaban J connectivity index is 1.95. The van der Waals surface area contributed by atoms with Crippen LogP contribution in [0, 0.1) is 11.6 Å². The smallest absolute Gasteiger partial charge is 0.126 e. The van der Waals surface area contributed by atoms with E-state index < -0.39 is 11.6 Å². The standard InChI is InChI=1S/C16H24F2N2O/c1-3-19-16(12-8-13(17)10-14(18)9-12)5-7-20-6-4-15(11-20)21-2/h8-10,15-16,19H,3-7,11H2,1-2H3. The third kappa shape index (κ3) is 4.73. The predicted octanol–water partition coefficient (Wildman–Crippen LogP) is 2.73. The SMILES string of the molecule is CCNC(CCN1CCC(OC)C1)c1cc(F)cc(F)c1. The maximum atomic E-state index is 13.4. The fraction of sp³-hybridized carbons (Fsp3) is 0.625. The van der Waals surface area contributed by atoms with Crippen molar-refractivity contribution in [2.24, 2.45) is 0 Å². The first kappa shape index (κ1) is 16.3. The van der Waals surface area contributed by atoms with Crippen LogP contribution in [0.25, 0.3) is 0 Å². The molecule has 5 heteroatoms. The molecule has 1 aliphatic heterocycles. The summed E-state index contributed by atoms with van der Waals surface area (Å²) in [6, 6.07) is 3.72. The highest BCUT2D eigenvalue weighted by Gasteiger charge is 2.23. The molecule has 0 bridgehead atoms. The Hall–Kier alpha value is -1.04. The number of methoxy groups -OCH3 is 1. The summed E-state index contributed by atoms with van der Waals surface area (Å²) < 4.78 is 32.1. The number of rotatable bonds is 7. The van der Waals surface area contributed by atoms with Crippen molar-refractivity contribution in [3.63, 3.8) is 0 Å². The Bertz CT molecular complexity index is 436. The van der Waals surface area contributed by atoms with Crippen LogP contribution in [-0.4, -0.2) is 44.3 Å². The van der Waals surface area contributed by atoms with E-state index in [4.69, 9.17) is 4.74 Å². The van der Waals surface area contributed by atoms with Crippen LogP contribution in [0.4, 0.5) is 8.78 Å². The van der Waals surface area contributed by atoms with Gasteiger partial charge in [0, 0.05) is 38.9 Å². The molecule has 1 aromatic carbocycles. The number of hydrogen-bond acceptors (Lipinski definition) is 3. The minimum atomic E-state index is -0.520. The summed E-state index contributed by atoms with van der Waals surface area (Å²) in [5.74, 6) is -1.04. The summed E-state index contributed by atoms with van der Waals surface area (Å²) in [6.07, 6.45) is 2.19. The highest BCUT2D eigenvalue weighted by molar-refractivity contribution is 5.21. The van der Waals surface area contributed by atoms with Crippen LogP contribution < -0.4 is 5.32 Å².